The van der Waals surface area contributed by atoms with E-state index in [0.717, 1.165) is 22.5 Å². The van der Waals surface area contributed by atoms with Gasteiger partial charge in [-0.25, -0.2) is 4.39 Å². The number of halogens is 2. The third kappa shape index (κ3) is 3.44. The largest absolute Gasteiger partial charge is 0.310 e. The zero-order chi connectivity index (χ0) is 13.0. The molecule has 1 nitrogen and oxygen atoms in total. The first-order valence-corrected chi connectivity index (χ1v) is 7.98. The Hall–Kier alpha value is -0.160. The van der Waals surface area contributed by atoms with Gasteiger partial charge < -0.3 is 5.32 Å². The van der Waals surface area contributed by atoms with E-state index in [0.29, 0.717) is 6.04 Å². The lowest BCUT2D eigenvalue weighted by molar-refractivity contribution is 0.366. The second-order valence-corrected chi connectivity index (χ2v) is 6.30. The molecule has 1 aliphatic rings. The molecule has 0 saturated heterocycles. The van der Waals surface area contributed by atoms with Gasteiger partial charge in [-0.3, -0.25) is 0 Å². The highest BCUT2D eigenvalue weighted by molar-refractivity contribution is 14.1. The lowest BCUT2D eigenvalue weighted by Gasteiger charge is -2.26. The number of hydrogen-bond donors (Lipinski definition) is 1. The number of hydrogen-bond acceptors (Lipinski definition) is 1. The summed E-state index contributed by atoms with van der Waals surface area (Å²) in [4.78, 5) is 0. The molecule has 0 heterocycles. The number of nitrogens with one attached hydrogen (secondary N) is 1. The number of benzene rings is 1. The molecule has 1 N–H and O–H groups in total. The average molecular weight is 361 g/mol. The fraction of sp³-hybridized carbons (Fsp3) is 0.600. The quantitative estimate of drug-likeness (QED) is 0.752. The Balaban J connectivity index is 2.20. The molecule has 18 heavy (non-hydrogen) atoms. The van der Waals surface area contributed by atoms with Crippen molar-refractivity contribution in [3.8, 4) is 0 Å². The molecule has 0 spiro atoms. The van der Waals surface area contributed by atoms with E-state index >= 15 is 0 Å². The number of rotatable bonds is 5. The molecule has 0 radical (unpaired) electrons. The van der Waals surface area contributed by atoms with Gasteiger partial charge in [0.2, 0.25) is 0 Å². The minimum absolute atomic E-state index is 0.135. The van der Waals surface area contributed by atoms with Crippen LogP contribution in [0.4, 0.5) is 4.39 Å². The van der Waals surface area contributed by atoms with Gasteiger partial charge in [0, 0.05) is 9.61 Å². The van der Waals surface area contributed by atoms with Crippen LogP contribution in [0.1, 0.15) is 50.6 Å². The molecule has 2 rings (SSSR count). The van der Waals surface area contributed by atoms with Crippen LogP contribution >= 0.6 is 22.6 Å². The fourth-order valence-electron chi connectivity index (χ4n) is 2.87. The maximum atomic E-state index is 13.2. The average Bonchev–Trinajstić information content (AvgIpc) is 2.85. The van der Waals surface area contributed by atoms with Gasteiger partial charge in [-0.15, -0.1) is 0 Å². The van der Waals surface area contributed by atoms with Crippen LogP contribution in [0.2, 0.25) is 0 Å². The predicted molar refractivity (Wildman–Crippen MR) is 82.1 cm³/mol. The summed E-state index contributed by atoms with van der Waals surface area (Å²) in [5, 5.41) is 3.66. The van der Waals surface area contributed by atoms with Gasteiger partial charge in [0.25, 0.3) is 0 Å². The Kier molecular flexibility index (Phi) is 5.42. The van der Waals surface area contributed by atoms with Crippen molar-refractivity contribution in [2.75, 3.05) is 6.54 Å². The molecule has 0 aromatic heterocycles. The molecule has 0 amide bonds. The van der Waals surface area contributed by atoms with Crippen molar-refractivity contribution < 1.29 is 4.39 Å². The van der Waals surface area contributed by atoms with Gasteiger partial charge in [-0.2, -0.15) is 0 Å². The van der Waals surface area contributed by atoms with Crippen LogP contribution in [0.5, 0.6) is 0 Å². The minimum atomic E-state index is -0.135. The highest BCUT2D eigenvalue weighted by atomic mass is 127. The van der Waals surface area contributed by atoms with Crippen LogP contribution < -0.4 is 5.32 Å². The summed E-state index contributed by atoms with van der Waals surface area (Å²) in [5.74, 6) is 0.583. The van der Waals surface area contributed by atoms with E-state index in [9.17, 15) is 4.39 Å². The van der Waals surface area contributed by atoms with Gasteiger partial charge in [0.1, 0.15) is 5.82 Å². The lowest BCUT2D eigenvalue weighted by Crippen LogP contribution is -2.28. The van der Waals surface area contributed by atoms with E-state index in [1.807, 2.05) is 6.07 Å². The first kappa shape index (κ1) is 14.3. The summed E-state index contributed by atoms with van der Waals surface area (Å²) in [6.45, 7) is 3.23. The van der Waals surface area contributed by atoms with Gasteiger partial charge in [-0.05, 0) is 72.0 Å². The smallest absolute Gasteiger partial charge is 0.124 e. The molecule has 1 aromatic rings. The van der Waals surface area contributed by atoms with Crippen molar-refractivity contribution in [1.29, 1.82) is 0 Å². The zero-order valence-corrected chi connectivity index (χ0v) is 13.0. The summed E-state index contributed by atoms with van der Waals surface area (Å²) in [5.41, 5.74) is 1.28. The molecule has 1 fully saturated rings. The third-order valence-corrected chi connectivity index (χ3v) is 4.72. The van der Waals surface area contributed by atoms with E-state index < -0.39 is 0 Å². The van der Waals surface area contributed by atoms with E-state index in [1.165, 1.54) is 31.2 Å². The first-order valence-electron chi connectivity index (χ1n) is 6.90. The summed E-state index contributed by atoms with van der Waals surface area (Å²) < 4.78 is 14.3. The van der Waals surface area contributed by atoms with Crippen molar-refractivity contribution in [1.82, 2.24) is 5.32 Å². The van der Waals surface area contributed by atoms with E-state index in [4.69, 9.17) is 0 Å². The van der Waals surface area contributed by atoms with Crippen molar-refractivity contribution in [3.05, 3.63) is 33.1 Å². The molecular weight excluding hydrogens is 340 g/mol. The Bertz CT molecular complexity index is 388. The second kappa shape index (κ2) is 6.85. The van der Waals surface area contributed by atoms with E-state index in [2.05, 4.69) is 34.8 Å². The van der Waals surface area contributed by atoms with E-state index in [1.54, 1.807) is 12.1 Å². The maximum Gasteiger partial charge on any atom is 0.124 e. The molecule has 1 aromatic carbocycles. The Labute approximate surface area is 123 Å². The van der Waals surface area contributed by atoms with Crippen LogP contribution in [-0.2, 0) is 0 Å². The van der Waals surface area contributed by atoms with Crippen molar-refractivity contribution in [3.63, 3.8) is 0 Å². The summed E-state index contributed by atoms with van der Waals surface area (Å²) in [6.07, 6.45) is 6.42. The Morgan fingerprint density at radius 2 is 2.11 bits per heavy atom. The van der Waals surface area contributed by atoms with Gasteiger partial charge in [0.05, 0.1) is 0 Å². The van der Waals surface area contributed by atoms with Gasteiger partial charge in [0.15, 0.2) is 0 Å². The Morgan fingerprint density at radius 3 is 2.72 bits per heavy atom. The Morgan fingerprint density at radius 1 is 1.39 bits per heavy atom. The molecule has 1 aliphatic carbocycles. The van der Waals surface area contributed by atoms with Gasteiger partial charge in [-0.1, -0.05) is 25.8 Å². The van der Waals surface area contributed by atoms with Crippen LogP contribution in [0, 0.1) is 15.3 Å². The molecule has 1 saturated carbocycles. The molecule has 100 valence electrons. The SMILES string of the molecule is CCCNC(c1ccc(F)cc1I)C1CCCC1. The summed E-state index contributed by atoms with van der Waals surface area (Å²) >= 11 is 2.26. The highest BCUT2D eigenvalue weighted by Gasteiger charge is 2.27. The fourth-order valence-corrected chi connectivity index (χ4v) is 3.69. The van der Waals surface area contributed by atoms with Crippen LogP contribution in [0.15, 0.2) is 18.2 Å². The molecular formula is C15H21FIN. The zero-order valence-electron chi connectivity index (χ0n) is 10.9. The van der Waals surface area contributed by atoms with Crippen LogP contribution in [0.3, 0.4) is 0 Å². The standard InChI is InChI=1S/C15H21FIN/c1-2-9-18-15(11-5-3-4-6-11)13-8-7-12(16)10-14(13)17/h7-8,10-11,15,18H,2-6,9H2,1H3. The van der Waals surface area contributed by atoms with Crippen molar-refractivity contribution >= 4 is 22.6 Å². The summed E-state index contributed by atoms with van der Waals surface area (Å²) in [7, 11) is 0. The molecule has 1 atom stereocenters. The predicted octanol–water partition coefficient (Wildman–Crippen LogP) is 4.66. The van der Waals surface area contributed by atoms with Crippen LogP contribution in [-0.4, -0.2) is 6.54 Å². The topological polar surface area (TPSA) is 12.0 Å². The monoisotopic (exact) mass is 361 g/mol. The van der Waals surface area contributed by atoms with Crippen molar-refractivity contribution in [2.24, 2.45) is 5.92 Å². The van der Waals surface area contributed by atoms with Crippen LogP contribution in [0.25, 0.3) is 0 Å². The first-order chi connectivity index (χ1) is 8.72. The molecule has 0 aliphatic heterocycles. The van der Waals surface area contributed by atoms with Crippen molar-refractivity contribution in [2.45, 2.75) is 45.1 Å². The molecule has 1 unspecified atom stereocenters. The normalized spacial score (nSPS) is 18.2. The summed E-state index contributed by atoms with van der Waals surface area (Å²) in [6, 6.07) is 5.60. The highest BCUT2D eigenvalue weighted by Crippen LogP contribution is 2.37. The van der Waals surface area contributed by atoms with Gasteiger partial charge >= 0.3 is 0 Å². The third-order valence-electron chi connectivity index (χ3n) is 3.78. The molecule has 3 heteroatoms. The second-order valence-electron chi connectivity index (χ2n) is 5.14. The lowest BCUT2D eigenvalue weighted by atomic mass is 9.91. The molecule has 0 bridgehead atoms. The van der Waals surface area contributed by atoms with E-state index in [-0.39, 0.29) is 5.82 Å². The minimum Gasteiger partial charge on any atom is -0.310 e. The maximum absolute atomic E-state index is 13.2.